The molecule has 0 fully saturated rings. The van der Waals surface area contributed by atoms with Gasteiger partial charge in [0.2, 0.25) is 0 Å². The SMILES string of the molecule is O=[N+]([O-])c1ccccc1-c1ccc(C2NC(=S)NC3=C2CCc2ccccc23)o1. The molecule has 7 heteroatoms. The Morgan fingerprint density at radius 2 is 1.76 bits per heavy atom. The summed E-state index contributed by atoms with van der Waals surface area (Å²) in [6.07, 6.45) is 1.82. The van der Waals surface area contributed by atoms with E-state index in [2.05, 4.69) is 22.8 Å². The number of nitro groups is 1. The third kappa shape index (κ3) is 3.00. The number of para-hydroxylation sites is 1. The predicted molar refractivity (Wildman–Crippen MR) is 114 cm³/mol. The smallest absolute Gasteiger partial charge is 0.280 e. The van der Waals surface area contributed by atoms with Gasteiger partial charge in [-0.1, -0.05) is 36.4 Å². The molecular formula is C22H17N3O3S. The van der Waals surface area contributed by atoms with Crippen molar-refractivity contribution in [3.8, 4) is 11.3 Å². The molecule has 6 nitrogen and oxygen atoms in total. The van der Waals surface area contributed by atoms with Crippen molar-refractivity contribution in [1.82, 2.24) is 10.6 Å². The molecule has 0 radical (unpaired) electrons. The fraction of sp³-hybridized carbons (Fsp3) is 0.136. The van der Waals surface area contributed by atoms with Gasteiger partial charge in [0.05, 0.1) is 10.5 Å². The second-order valence-electron chi connectivity index (χ2n) is 7.07. The maximum atomic E-state index is 11.4. The van der Waals surface area contributed by atoms with Gasteiger partial charge in [-0.3, -0.25) is 10.1 Å². The lowest BCUT2D eigenvalue weighted by molar-refractivity contribution is -0.384. The van der Waals surface area contributed by atoms with E-state index in [0.717, 1.165) is 24.1 Å². The van der Waals surface area contributed by atoms with Crippen LogP contribution in [-0.4, -0.2) is 10.0 Å². The molecule has 1 unspecified atom stereocenters. The highest BCUT2D eigenvalue weighted by atomic mass is 32.1. The standard InChI is InChI=1S/C22H17N3O3S/c26-25(27)17-8-4-3-7-15(17)18-11-12-19(28-18)21-16-10-9-13-5-1-2-6-14(13)20(16)23-22(29)24-21/h1-8,11-12,21H,9-10H2,(H2,23,24,29). The van der Waals surface area contributed by atoms with E-state index >= 15 is 0 Å². The summed E-state index contributed by atoms with van der Waals surface area (Å²) in [6.45, 7) is 0. The van der Waals surface area contributed by atoms with Gasteiger partial charge in [0.15, 0.2) is 5.11 Å². The second-order valence-corrected chi connectivity index (χ2v) is 7.47. The minimum absolute atomic E-state index is 0.0219. The molecule has 1 atom stereocenters. The summed E-state index contributed by atoms with van der Waals surface area (Å²) >= 11 is 5.45. The molecule has 5 rings (SSSR count). The molecule has 0 amide bonds. The fourth-order valence-corrected chi connectivity index (χ4v) is 4.31. The summed E-state index contributed by atoms with van der Waals surface area (Å²) in [4.78, 5) is 11.0. The van der Waals surface area contributed by atoms with E-state index in [0.29, 0.717) is 22.2 Å². The van der Waals surface area contributed by atoms with Crippen LogP contribution in [-0.2, 0) is 6.42 Å². The first-order valence-corrected chi connectivity index (χ1v) is 9.75. The van der Waals surface area contributed by atoms with Crippen LogP contribution in [0.2, 0.25) is 0 Å². The minimum atomic E-state index is -0.395. The Kier molecular flexibility index (Phi) is 4.17. The number of thiocarbonyl (C=S) groups is 1. The number of fused-ring (bicyclic) bond motifs is 2. The van der Waals surface area contributed by atoms with Crippen molar-refractivity contribution in [2.45, 2.75) is 18.9 Å². The van der Waals surface area contributed by atoms with E-state index in [-0.39, 0.29) is 11.7 Å². The highest BCUT2D eigenvalue weighted by Crippen LogP contribution is 2.40. The van der Waals surface area contributed by atoms with Crippen LogP contribution in [0.3, 0.4) is 0 Å². The van der Waals surface area contributed by atoms with Crippen LogP contribution in [0.1, 0.15) is 29.3 Å². The molecule has 1 aliphatic heterocycles. The monoisotopic (exact) mass is 403 g/mol. The molecular weight excluding hydrogens is 386 g/mol. The van der Waals surface area contributed by atoms with Gasteiger partial charge in [0.25, 0.3) is 5.69 Å². The number of nitrogens with zero attached hydrogens (tertiary/aromatic N) is 1. The second kappa shape index (κ2) is 6.86. The van der Waals surface area contributed by atoms with Gasteiger partial charge in [-0.25, -0.2) is 0 Å². The Morgan fingerprint density at radius 3 is 2.59 bits per heavy atom. The average Bonchev–Trinajstić information content (AvgIpc) is 3.23. The van der Waals surface area contributed by atoms with Crippen molar-refractivity contribution >= 4 is 28.7 Å². The summed E-state index contributed by atoms with van der Waals surface area (Å²) < 4.78 is 6.10. The Hall–Kier alpha value is -3.45. The van der Waals surface area contributed by atoms with Crippen LogP contribution in [0.25, 0.3) is 17.0 Å². The van der Waals surface area contributed by atoms with Crippen molar-refractivity contribution < 1.29 is 9.34 Å². The van der Waals surface area contributed by atoms with E-state index in [1.54, 1.807) is 24.3 Å². The van der Waals surface area contributed by atoms with Crippen LogP contribution in [0, 0.1) is 10.1 Å². The first-order chi connectivity index (χ1) is 14.1. The lowest BCUT2D eigenvalue weighted by Crippen LogP contribution is -2.44. The highest BCUT2D eigenvalue weighted by Gasteiger charge is 2.32. The zero-order valence-corrected chi connectivity index (χ0v) is 16.2. The van der Waals surface area contributed by atoms with E-state index in [1.807, 2.05) is 18.2 Å². The number of nitro benzene ring substituents is 1. The molecule has 1 aliphatic carbocycles. The summed E-state index contributed by atoms with van der Waals surface area (Å²) in [5, 5.41) is 18.5. The first-order valence-electron chi connectivity index (χ1n) is 9.34. The van der Waals surface area contributed by atoms with Crippen LogP contribution in [0.5, 0.6) is 0 Å². The van der Waals surface area contributed by atoms with E-state index in [9.17, 15) is 10.1 Å². The average molecular weight is 403 g/mol. The van der Waals surface area contributed by atoms with Crippen LogP contribution in [0.15, 0.2) is 70.7 Å². The molecule has 2 heterocycles. The lowest BCUT2D eigenvalue weighted by atomic mass is 9.84. The summed E-state index contributed by atoms with van der Waals surface area (Å²) in [5.74, 6) is 1.16. The molecule has 144 valence electrons. The number of aryl methyl sites for hydroxylation is 1. The molecule has 29 heavy (non-hydrogen) atoms. The molecule has 0 spiro atoms. The number of benzene rings is 2. The first kappa shape index (κ1) is 17.6. The van der Waals surface area contributed by atoms with Gasteiger partial charge in [0.1, 0.15) is 17.6 Å². The third-order valence-corrected chi connectivity index (χ3v) is 5.63. The topological polar surface area (TPSA) is 80.3 Å². The zero-order valence-electron chi connectivity index (χ0n) is 15.3. The maximum Gasteiger partial charge on any atom is 0.280 e. The Bertz CT molecular complexity index is 1180. The Balaban J connectivity index is 1.57. The van der Waals surface area contributed by atoms with Gasteiger partial charge in [-0.05, 0) is 54.4 Å². The molecule has 2 N–H and O–H groups in total. The number of nitrogens with one attached hydrogen (secondary N) is 2. The lowest BCUT2D eigenvalue weighted by Gasteiger charge is -2.34. The maximum absolute atomic E-state index is 11.4. The predicted octanol–water partition coefficient (Wildman–Crippen LogP) is 4.73. The molecule has 1 aromatic heterocycles. The van der Waals surface area contributed by atoms with Gasteiger partial charge >= 0.3 is 0 Å². The number of rotatable bonds is 3. The molecule has 0 saturated heterocycles. The number of furan rings is 1. The molecule has 0 saturated carbocycles. The van der Waals surface area contributed by atoms with Crippen molar-refractivity contribution in [3.05, 3.63) is 93.2 Å². The van der Waals surface area contributed by atoms with Gasteiger partial charge in [0, 0.05) is 17.3 Å². The van der Waals surface area contributed by atoms with Crippen molar-refractivity contribution in [2.24, 2.45) is 0 Å². The summed E-state index contributed by atoms with van der Waals surface area (Å²) in [5.41, 5.74) is 5.15. The summed E-state index contributed by atoms with van der Waals surface area (Å²) in [7, 11) is 0. The molecule has 0 bridgehead atoms. The highest BCUT2D eigenvalue weighted by molar-refractivity contribution is 7.80. The summed E-state index contributed by atoms with van der Waals surface area (Å²) in [6, 6.07) is 18.3. The van der Waals surface area contributed by atoms with Gasteiger partial charge < -0.3 is 15.1 Å². The number of hydrogen-bond donors (Lipinski definition) is 2. The normalized spacial score (nSPS) is 17.8. The zero-order chi connectivity index (χ0) is 20.0. The van der Waals surface area contributed by atoms with E-state index in [4.69, 9.17) is 16.6 Å². The van der Waals surface area contributed by atoms with Crippen molar-refractivity contribution in [2.75, 3.05) is 0 Å². The quantitative estimate of drug-likeness (QED) is 0.374. The third-order valence-electron chi connectivity index (χ3n) is 5.41. The van der Waals surface area contributed by atoms with E-state index in [1.165, 1.54) is 17.2 Å². The number of hydrogen-bond acceptors (Lipinski definition) is 4. The largest absolute Gasteiger partial charge is 0.458 e. The van der Waals surface area contributed by atoms with Gasteiger partial charge in [-0.2, -0.15) is 0 Å². The molecule has 2 aliphatic rings. The Morgan fingerprint density at radius 1 is 1.00 bits per heavy atom. The molecule has 2 aromatic carbocycles. The van der Waals surface area contributed by atoms with Gasteiger partial charge in [-0.15, -0.1) is 0 Å². The van der Waals surface area contributed by atoms with Crippen LogP contribution >= 0.6 is 12.2 Å². The van der Waals surface area contributed by atoms with E-state index < -0.39 is 4.92 Å². The Labute approximate surface area is 172 Å². The van der Waals surface area contributed by atoms with Crippen molar-refractivity contribution in [3.63, 3.8) is 0 Å². The fourth-order valence-electron chi connectivity index (χ4n) is 4.09. The van der Waals surface area contributed by atoms with Crippen LogP contribution < -0.4 is 10.6 Å². The molecule has 3 aromatic rings. The van der Waals surface area contributed by atoms with Crippen molar-refractivity contribution in [1.29, 1.82) is 0 Å². The minimum Gasteiger partial charge on any atom is -0.458 e. The van der Waals surface area contributed by atoms with Crippen LogP contribution in [0.4, 0.5) is 5.69 Å².